The van der Waals surface area contributed by atoms with Gasteiger partial charge in [0.05, 0.1) is 0 Å². The number of fused-ring (bicyclic) bond motifs is 1. The highest BCUT2D eigenvalue weighted by atomic mass is 79.9. The molecular formula is C14H12Br2N4. The standard InChI is InChI=1S/C14H12Br2N4/c1-19(8-10-4-2-3-5-11(10)15)14-13-17-6-7-20(13)9-12(16)18-14/h2-7,9H,8H2,1H3. The fraction of sp³-hybridized carbons (Fsp3) is 0.143. The topological polar surface area (TPSA) is 33.4 Å². The molecule has 4 nitrogen and oxygen atoms in total. The van der Waals surface area contributed by atoms with Crippen molar-refractivity contribution in [1.82, 2.24) is 14.4 Å². The lowest BCUT2D eigenvalue weighted by molar-refractivity contribution is 0.884. The molecule has 0 N–H and O–H groups in total. The number of halogens is 2. The number of hydrogen-bond donors (Lipinski definition) is 0. The lowest BCUT2D eigenvalue weighted by Crippen LogP contribution is -2.19. The second kappa shape index (κ2) is 5.54. The summed E-state index contributed by atoms with van der Waals surface area (Å²) < 4.78 is 3.85. The van der Waals surface area contributed by atoms with E-state index in [-0.39, 0.29) is 0 Å². The Morgan fingerprint density at radius 1 is 1.25 bits per heavy atom. The third-order valence-electron chi connectivity index (χ3n) is 3.05. The highest BCUT2D eigenvalue weighted by molar-refractivity contribution is 9.10. The van der Waals surface area contributed by atoms with Crippen LogP contribution in [0.1, 0.15) is 5.56 Å². The smallest absolute Gasteiger partial charge is 0.180 e. The van der Waals surface area contributed by atoms with E-state index < -0.39 is 0 Å². The molecule has 2 heterocycles. The van der Waals surface area contributed by atoms with Gasteiger partial charge in [-0.1, -0.05) is 34.1 Å². The van der Waals surface area contributed by atoms with E-state index in [2.05, 4.69) is 52.8 Å². The molecule has 1 aromatic carbocycles. The van der Waals surface area contributed by atoms with Gasteiger partial charge < -0.3 is 9.30 Å². The third-order valence-corrected chi connectivity index (χ3v) is 4.21. The van der Waals surface area contributed by atoms with E-state index in [4.69, 9.17) is 0 Å². The third kappa shape index (κ3) is 2.58. The highest BCUT2D eigenvalue weighted by Gasteiger charge is 2.12. The number of imidazole rings is 1. The normalized spacial score (nSPS) is 10.9. The van der Waals surface area contributed by atoms with Crippen molar-refractivity contribution in [2.75, 3.05) is 11.9 Å². The number of nitrogens with zero attached hydrogens (tertiary/aromatic N) is 4. The molecule has 0 amide bonds. The zero-order chi connectivity index (χ0) is 14.1. The predicted molar refractivity (Wildman–Crippen MR) is 86.9 cm³/mol. The van der Waals surface area contributed by atoms with E-state index in [0.717, 1.165) is 27.1 Å². The van der Waals surface area contributed by atoms with Crippen LogP contribution in [0.4, 0.5) is 5.82 Å². The molecular weight excluding hydrogens is 384 g/mol. The van der Waals surface area contributed by atoms with Gasteiger partial charge in [-0.2, -0.15) is 0 Å². The first-order valence-corrected chi connectivity index (χ1v) is 7.67. The van der Waals surface area contributed by atoms with E-state index in [1.165, 1.54) is 5.56 Å². The molecule has 2 aromatic heterocycles. The van der Waals surface area contributed by atoms with Crippen LogP contribution < -0.4 is 4.90 Å². The molecule has 102 valence electrons. The zero-order valence-electron chi connectivity index (χ0n) is 10.8. The molecule has 0 aliphatic rings. The van der Waals surface area contributed by atoms with E-state index in [0.29, 0.717) is 0 Å². The van der Waals surface area contributed by atoms with Crippen LogP contribution in [0.25, 0.3) is 5.65 Å². The number of benzene rings is 1. The van der Waals surface area contributed by atoms with E-state index in [9.17, 15) is 0 Å². The molecule has 0 atom stereocenters. The molecule has 0 saturated carbocycles. The van der Waals surface area contributed by atoms with E-state index in [1.54, 1.807) is 6.20 Å². The first kappa shape index (κ1) is 13.6. The highest BCUT2D eigenvalue weighted by Crippen LogP contribution is 2.24. The van der Waals surface area contributed by atoms with Crippen LogP contribution in [-0.4, -0.2) is 21.4 Å². The Morgan fingerprint density at radius 2 is 2.05 bits per heavy atom. The lowest BCUT2D eigenvalue weighted by Gasteiger charge is -2.19. The van der Waals surface area contributed by atoms with Crippen molar-refractivity contribution in [2.24, 2.45) is 0 Å². The van der Waals surface area contributed by atoms with E-state index >= 15 is 0 Å². The predicted octanol–water partition coefficient (Wildman–Crippen LogP) is 3.89. The minimum absolute atomic E-state index is 0.757. The maximum absolute atomic E-state index is 4.54. The molecule has 3 aromatic rings. The van der Waals surface area contributed by atoms with Crippen molar-refractivity contribution in [2.45, 2.75) is 6.54 Å². The molecule has 0 spiro atoms. The van der Waals surface area contributed by atoms with Crippen LogP contribution >= 0.6 is 31.9 Å². The van der Waals surface area contributed by atoms with Gasteiger partial charge in [-0.15, -0.1) is 0 Å². The molecule has 0 saturated heterocycles. The number of hydrogen-bond acceptors (Lipinski definition) is 3. The van der Waals surface area contributed by atoms with Crippen LogP contribution in [0, 0.1) is 0 Å². The van der Waals surface area contributed by atoms with Gasteiger partial charge in [-0.05, 0) is 27.6 Å². The Morgan fingerprint density at radius 3 is 2.85 bits per heavy atom. The number of anilines is 1. The van der Waals surface area contributed by atoms with Gasteiger partial charge in [0.15, 0.2) is 11.5 Å². The van der Waals surface area contributed by atoms with Crippen molar-refractivity contribution < 1.29 is 0 Å². The maximum Gasteiger partial charge on any atom is 0.180 e. The summed E-state index contributed by atoms with van der Waals surface area (Å²) in [7, 11) is 2.02. The first-order chi connectivity index (χ1) is 9.65. The summed E-state index contributed by atoms with van der Waals surface area (Å²) in [6.45, 7) is 0.757. The second-order valence-corrected chi connectivity index (χ2v) is 6.16. The van der Waals surface area contributed by atoms with Crippen LogP contribution in [0.3, 0.4) is 0 Å². The van der Waals surface area contributed by atoms with Crippen molar-refractivity contribution in [3.63, 3.8) is 0 Å². The summed E-state index contributed by atoms with van der Waals surface area (Å²) in [6, 6.07) is 8.19. The quantitative estimate of drug-likeness (QED) is 0.674. The van der Waals surface area contributed by atoms with Crippen LogP contribution in [-0.2, 0) is 6.54 Å². The summed E-state index contributed by atoms with van der Waals surface area (Å²) in [5.74, 6) is 0.847. The van der Waals surface area contributed by atoms with E-state index in [1.807, 2.05) is 42.0 Å². The molecule has 6 heteroatoms. The lowest BCUT2D eigenvalue weighted by atomic mass is 10.2. The first-order valence-electron chi connectivity index (χ1n) is 6.09. The fourth-order valence-electron chi connectivity index (χ4n) is 2.10. The summed E-state index contributed by atoms with van der Waals surface area (Å²) in [4.78, 5) is 11.0. The molecule has 0 fully saturated rings. The minimum atomic E-state index is 0.757. The molecule has 3 rings (SSSR count). The van der Waals surface area contributed by atoms with Gasteiger partial charge in [-0.25, -0.2) is 9.97 Å². The molecule has 0 aliphatic heterocycles. The van der Waals surface area contributed by atoms with Gasteiger partial charge >= 0.3 is 0 Å². The van der Waals surface area contributed by atoms with Crippen LogP contribution in [0.5, 0.6) is 0 Å². The Bertz CT molecular complexity index is 754. The average molecular weight is 396 g/mol. The largest absolute Gasteiger partial charge is 0.352 e. The van der Waals surface area contributed by atoms with Crippen molar-refractivity contribution in [3.05, 3.63) is 57.5 Å². The maximum atomic E-state index is 4.54. The molecule has 0 bridgehead atoms. The monoisotopic (exact) mass is 394 g/mol. The Hall–Kier alpha value is -1.40. The summed E-state index contributed by atoms with van der Waals surface area (Å²) in [5.41, 5.74) is 2.06. The van der Waals surface area contributed by atoms with Crippen molar-refractivity contribution >= 4 is 43.3 Å². The average Bonchev–Trinajstić information content (AvgIpc) is 2.88. The van der Waals surface area contributed by atoms with Crippen molar-refractivity contribution in [1.29, 1.82) is 0 Å². The molecule has 0 radical (unpaired) electrons. The van der Waals surface area contributed by atoms with Gasteiger partial charge in [0.25, 0.3) is 0 Å². The van der Waals surface area contributed by atoms with Gasteiger partial charge in [0, 0.05) is 36.7 Å². The number of aromatic nitrogens is 3. The molecule has 20 heavy (non-hydrogen) atoms. The zero-order valence-corrected chi connectivity index (χ0v) is 14.0. The fourth-order valence-corrected chi connectivity index (χ4v) is 2.90. The van der Waals surface area contributed by atoms with Gasteiger partial charge in [0.1, 0.15) is 4.60 Å². The summed E-state index contributed by atoms with van der Waals surface area (Å²) in [5, 5.41) is 0. The summed E-state index contributed by atoms with van der Waals surface area (Å²) in [6.07, 6.45) is 5.59. The summed E-state index contributed by atoms with van der Waals surface area (Å²) >= 11 is 7.02. The molecule has 0 unspecified atom stereocenters. The van der Waals surface area contributed by atoms with Gasteiger partial charge in [-0.3, -0.25) is 0 Å². The van der Waals surface area contributed by atoms with Crippen molar-refractivity contribution in [3.8, 4) is 0 Å². The Balaban J connectivity index is 1.98. The number of rotatable bonds is 3. The minimum Gasteiger partial charge on any atom is -0.352 e. The van der Waals surface area contributed by atoms with Crippen LogP contribution in [0.15, 0.2) is 51.9 Å². The SMILES string of the molecule is CN(Cc1ccccc1Br)c1nc(Br)cn2ccnc12. The van der Waals surface area contributed by atoms with Crippen LogP contribution in [0.2, 0.25) is 0 Å². The molecule has 0 aliphatic carbocycles. The second-order valence-electron chi connectivity index (χ2n) is 4.49. The Kier molecular flexibility index (Phi) is 3.76. The Labute approximate surface area is 133 Å². The van der Waals surface area contributed by atoms with Gasteiger partial charge in [0.2, 0.25) is 0 Å².